The van der Waals surface area contributed by atoms with Crippen molar-refractivity contribution in [2.24, 2.45) is 0 Å². The predicted octanol–water partition coefficient (Wildman–Crippen LogP) is -0.307. The molecule has 0 spiro atoms. The van der Waals surface area contributed by atoms with E-state index in [2.05, 4.69) is 6.92 Å². The van der Waals surface area contributed by atoms with E-state index in [0.717, 1.165) is 12.8 Å². The minimum atomic E-state index is -0.954. The Hall–Kier alpha value is 0.906. The second kappa shape index (κ2) is 36.5. The predicted molar refractivity (Wildman–Crippen MR) is 123 cm³/mol. The number of hydrogen-bond acceptors (Lipinski definition) is 7. The van der Waals surface area contributed by atoms with E-state index in [1.54, 1.807) is 0 Å². The molecule has 1 atom stereocenters. The Balaban J connectivity index is -0.000000269. The average molecular weight is 491 g/mol. The zero-order valence-electron chi connectivity index (χ0n) is 21.1. The van der Waals surface area contributed by atoms with Gasteiger partial charge in [0, 0.05) is 5.97 Å². The van der Waals surface area contributed by atoms with E-state index in [1.807, 2.05) is 0 Å². The fourth-order valence-electron chi connectivity index (χ4n) is 2.70. The summed E-state index contributed by atoms with van der Waals surface area (Å²) in [5.74, 6) is -0.903. The first-order valence-corrected chi connectivity index (χ1v) is 12.2. The number of aliphatic carboxylic acids is 1. The molecule has 0 aliphatic rings. The Bertz CT molecular complexity index is 327. The maximum atomic E-state index is 10.2. The Kier molecular flexibility index (Phi) is 45.7. The number of rotatable bonds is 19. The molecule has 0 bridgehead atoms. The first kappa shape index (κ1) is 40.1. The third-order valence-corrected chi connectivity index (χ3v) is 4.67. The molecule has 0 saturated heterocycles. The van der Waals surface area contributed by atoms with Crippen LogP contribution in [0.4, 0.5) is 0 Å². The van der Waals surface area contributed by atoms with Gasteiger partial charge in [-0.05, 0) is 19.8 Å². The van der Waals surface area contributed by atoms with Crippen LogP contribution in [0.15, 0.2) is 0 Å². The number of unbranched alkanes of at least 4 members (excludes halogenated alkanes) is 14. The minimum Gasteiger partial charge on any atom is -0.550 e. The molecule has 0 aliphatic heterocycles. The smallest absolute Gasteiger partial charge is 0.550 e. The van der Waals surface area contributed by atoms with Gasteiger partial charge >= 0.3 is 51.4 Å². The number of hydrogen-bond donors (Lipinski definition) is 5. The zero-order chi connectivity index (χ0) is 24.2. The van der Waals surface area contributed by atoms with Crippen LogP contribution in [0, 0.1) is 0 Å². The molecule has 0 aliphatic carbocycles. The van der Waals surface area contributed by atoms with Crippen molar-refractivity contribution >= 4 is 5.97 Å². The Morgan fingerprint density at radius 2 is 0.938 bits per heavy atom. The first-order chi connectivity index (χ1) is 14.8. The molecule has 0 rings (SSSR count). The van der Waals surface area contributed by atoms with E-state index in [4.69, 9.17) is 25.5 Å². The second-order valence-corrected chi connectivity index (χ2v) is 8.12. The first-order valence-electron chi connectivity index (χ1n) is 12.2. The van der Waals surface area contributed by atoms with Crippen molar-refractivity contribution in [1.29, 1.82) is 0 Å². The van der Waals surface area contributed by atoms with Gasteiger partial charge in [-0.2, -0.15) is 0 Å². The van der Waals surface area contributed by atoms with Gasteiger partial charge in [-0.25, -0.2) is 0 Å². The van der Waals surface area contributed by atoms with E-state index in [0.29, 0.717) is 0 Å². The fourth-order valence-corrected chi connectivity index (χ4v) is 2.70. The maximum Gasteiger partial charge on any atom is 1.00 e. The van der Waals surface area contributed by atoms with E-state index in [-0.39, 0.29) is 77.6 Å². The number of carbonyl (C=O) groups excluding carboxylic acids is 1. The summed E-state index contributed by atoms with van der Waals surface area (Å²) in [6.07, 6.45) is 18.3. The molecule has 0 aromatic carbocycles. The molecule has 190 valence electrons. The fraction of sp³-hybridized carbons (Fsp3) is 0.958. The van der Waals surface area contributed by atoms with Gasteiger partial charge in [0.15, 0.2) is 0 Å². The zero-order valence-corrected chi connectivity index (χ0v) is 24.3. The molecule has 8 heteroatoms. The van der Waals surface area contributed by atoms with Gasteiger partial charge in [0.05, 0.1) is 25.9 Å². The van der Waals surface area contributed by atoms with Crippen LogP contribution in [0.1, 0.15) is 117 Å². The molecule has 0 fully saturated rings. The molecule has 1 unspecified atom stereocenters. The van der Waals surface area contributed by atoms with Crippen molar-refractivity contribution in [2.75, 3.05) is 19.8 Å². The summed E-state index contributed by atoms with van der Waals surface area (Å²) in [5.41, 5.74) is 0. The molecule has 0 aromatic rings. The van der Waals surface area contributed by atoms with Crippen molar-refractivity contribution in [2.45, 2.75) is 129 Å². The summed E-state index contributed by atoms with van der Waals surface area (Å²) < 4.78 is 0. The maximum absolute atomic E-state index is 10.2. The summed E-state index contributed by atoms with van der Waals surface area (Å²) in [5, 5.41) is 50.2. The van der Waals surface area contributed by atoms with E-state index in [9.17, 15) is 9.90 Å². The van der Waals surface area contributed by atoms with Crippen LogP contribution in [0.25, 0.3) is 0 Å². The van der Waals surface area contributed by atoms with E-state index in [1.165, 1.54) is 90.4 Å². The number of aliphatic hydroxyl groups is 5. The van der Waals surface area contributed by atoms with Gasteiger partial charge in [-0.15, -0.1) is 0 Å². The van der Waals surface area contributed by atoms with Gasteiger partial charge in [-0.3, -0.25) is 0 Å². The van der Waals surface area contributed by atoms with Crippen LogP contribution in [0.3, 0.4) is 0 Å². The standard InChI is InChI=1S/C18H36O2.C3H8O3.C3H8O2.K/c1-2-3-4-5-6-7-8-9-10-11-12-13-14-15-16-17-18(19)20;4-1-3(6)2-5;1-3(5)2-4;/h2-17H2,1H3,(H,19,20);3-6H,1-2H2;3-5H,2H2,1H3;/q;;;+1/p-1. The molecule has 0 amide bonds. The Morgan fingerprint density at radius 3 is 1.12 bits per heavy atom. The van der Waals surface area contributed by atoms with E-state index >= 15 is 0 Å². The number of carboxylic acids is 1. The van der Waals surface area contributed by atoms with Crippen molar-refractivity contribution < 1.29 is 86.8 Å². The normalized spacial score (nSPS) is 11.0. The van der Waals surface area contributed by atoms with Crippen LogP contribution in [0.5, 0.6) is 0 Å². The van der Waals surface area contributed by atoms with Gasteiger partial charge in [0.2, 0.25) is 0 Å². The molecular weight excluding hydrogens is 439 g/mol. The summed E-state index contributed by atoms with van der Waals surface area (Å²) in [6.45, 7) is 2.93. The van der Waals surface area contributed by atoms with Crippen LogP contribution in [-0.4, -0.2) is 63.5 Å². The molecule has 0 aromatic heterocycles. The van der Waals surface area contributed by atoms with Gasteiger partial charge in [-0.1, -0.05) is 96.8 Å². The van der Waals surface area contributed by atoms with Crippen LogP contribution < -0.4 is 56.5 Å². The monoisotopic (exact) mass is 490 g/mol. The molecular formula is C24H51KO7. The third kappa shape index (κ3) is 48.4. The van der Waals surface area contributed by atoms with Crippen molar-refractivity contribution in [1.82, 2.24) is 0 Å². The molecule has 0 heterocycles. The van der Waals surface area contributed by atoms with Gasteiger partial charge in [0.1, 0.15) is 6.10 Å². The quantitative estimate of drug-likeness (QED) is 0.124. The topological polar surface area (TPSA) is 141 Å². The average Bonchev–Trinajstić information content (AvgIpc) is 2.76. The largest absolute Gasteiger partial charge is 1.00 e. The third-order valence-electron chi connectivity index (χ3n) is 4.67. The van der Waals surface area contributed by atoms with Gasteiger partial charge in [0.25, 0.3) is 0 Å². The van der Waals surface area contributed by atoms with Crippen LogP contribution >= 0.6 is 0 Å². The minimum absolute atomic E-state index is 0. The van der Waals surface area contributed by atoms with Gasteiger partial charge < -0.3 is 35.4 Å². The summed E-state index contributed by atoms with van der Waals surface area (Å²) in [6, 6.07) is 0. The molecule has 32 heavy (non-hydrogen) atoms. The summed E-state index contributed by atoms with van der Waals surface area (Å²) >= 11 is 0. The molecule has 7 nitrogen and oxygen atoms in total. The van der Waals surface area contributed by atoms with Crippen molar-refractivity contribution in [3.8, 4) is 0 Å². The van der Waals surface area contributed by atoms with E-state index < -0.39 is 18.2 Å². The SMILES string of the molecule is CC(O)CO.CCCCCCCCCCCCCCCCCC(=O)[O-].OCC(O)CO.[K+]. The van der Waals surface area contributed by atoms with Crippen LogP contribution in [-0.2, 0) is 4.79 Å². The molecule has 0 radical (unpaired) electrons. The molecule has 5 N–H and O–H groups in total. The number of carboxylic acid groups (broad SMARTS) is 1. The van der Waals surface area contributed by atoms with Crippen LogP contribution in [0.2, 0.25) is 0 Å². The number of carbonyl (C=O) groups is 1. The number of aliphatic hydroxyl groups excluding tert-OH is 5. The molecule has 0 saturated carbocycles. The van der Waals surface area contributed by atoms with Crippen molar-refractivity contribution in [3.05, 3.63) is 0 Å². The second-order valence-electron chi connectivity index (χ2n) is 8.12. The van der Waals surface area contributed by atoms with Crippen molar-refractivity contribution in [3.63, 3.8) is 0 Å². The Labute approximate surface area is 239 Å². The summed E-state index contributed by atoms with van der Waals surface area (Å²) in [7, 11) is 0. The summed E-state index contributed by atoms with van der Waals surface area (Å²) in [4.78, 5) is 10.2. The Morgan fingerprint density at radius 1 is 0.656 bits per heavy atom.